The number of aromatic nitrogens is 4. The molecule has 0 aliphatic carbocycles. The van der Waals surface area contributed by atoms with Crippen LogP contribution in [0.4, 0.5) is 19.0 Å². The number of benzene rings is 1. The van der Waals surface area contributed by atoms with E-state index in [0.717, 1.165) is 38.4 Å². The van der Waals surface area contributed by atoms with Gasteiger partial charge in [0.15, 0.2) is 5.65 Å². The highest BCUT2D eigenvalue weighted by atomic mass is 19.4. The Balaban J connectivity index is 1.45. The Labute approximate surface area is 200 Å². The number of carbonyl (C=O) groups is 1. The van der Waals surface area contributed by atoms with Gasteiger partial charge in [-0.15, -0.1) is 0 Å². The van der Waals surface area contributed by atoms with Crippen LogP contribution in [-0.2, 0) is 4.79 Å². The van der Waals surface area contributed by atoms with Crippen LogP contribution >= 0.6 is 0 Å². The van der Waals surface area contributed by atoms with E-state index in [2.05, 4.69) is 10.1 Å². The van der Waals surface area contributed by atoms with Gasteiger partial charge in [-0.1, -0.05) is 36.4 Å². The van der Waals surface area contributed by atoms with Crippen LogP contribution in [0.15, 0.2) is 54.9 Å². The lowest BCUT2D eigenvalue weighted by molar-refractivity contribution is -0.186. The van der Waals surface area contributed by atoms with E-state index < -0.39 is 12.1 Å². The third-order valence-corrected chi connectivity index (χ3v) is 6.52. The molecule has 2 N–H and O–H groups in total. The van der Waals surface area contributed by atoms with Gasteiger partial charge in [0.05, 0.1) is 11.9 Å². The number of likely N-dealkylation sites (tertiary alicyclic amines) is 1. The van der Waals surface area contributed by atoms with Gasteiger partial charge in [-0.05, 0) is 24.4 Å². The summed E-state index contributed by atoms with van der Waals surface area (Å²) in [6, 6.07) is 13.7. The Bertz CT molecular complexity index is 1380. The van der Waals surface area contributed by atoms with E-state index in [1.54, 1.807) is 16.9 Å². The molecule has 0 radical (unpaired) electrons. The van der Waals surface area contributed by atoms with Crippen LogP contribution in [0.3, 0.4) is 0 Å². The number of pyridine rings is 1. The smallest absolute Gasteiger partial charge is 0.384 e. The first-order valence-electron chi connectivity index (χ1n) is 11.3. The number of nitrogens with zero attached hydrogens (tertiary/aromatic N) is 5. The van der Waals surface area contributed by atoms with E-state index in [0.29, 0.717) is 24.3 Å². The van der Waals surface area contributed by atoms with Crippen LogP contribution in [0.1, 0.15) is 24.5 Å². The number of rotatable bonds is 3. The molecule has 0 saturated carbocycles. The average molecular weight is 478 g/mol. The summed E-state index contributed by atoms with van der Waals surface area (Å²) in [6.45, 7) is 0.0401. The van der Waals surface area contributed by atoms with Crippen molar-refractivity contribution in [1.29, 1.82) is 0 Å². The first kappa shape index (κ1) is 22.9. The maximum atomic E-state index is 12.8. The van der Waals surface area contributed by atoms with Gasteiger partial charge in [0.1, 0.15) is 13.7 Å². The number of nitrogen functional groups attached to an aromatic ring is 1. The first-order chi connectivity index (χ1) is 16.7. The van der Waals surface area contributed by atoms with Gasteiger partial charge in [0, 0.05) is 47.6 Å². The van der Waals surface area contributed by atoms with Crippen LogP contribution in [0.5, 0.6) is 0 Å². The topological polar surface area (TPSA) is 89.4 Å². The standard InChI is InChI=1S/C24H22BF3N6O/c25-19-20(15-8-10-33(11-9-15)23(35)24(26,27)28)32-22-17(13-31-34(22)21(19)29)16-6-7-18(30-12-16)14-4-2-1-3-5-14/h1-7,12-13,15H,8-11,25,29H2. The molecule has 0 unspecified atom stereocenters. The van der Waals surface area contributed by atoms with Gasteiger partial charge in [0.2, 0.25) is 0 Å². The lowest BCUT2D eigenvalue weighted by atomic mass is 9.83. The molecule has 1 aromatic carbocycles. The second kappa shape index (κ2) is 8.72. The minimum atomic E-state index is -4.86. The third-order valence-electron chi connectivity index (χ3n) is 6.52. The highest BCUT2D eigenvalue weighted by Gasteiger charge is 2.43. The van der Waals surface area contributed by atoms with E-state index in [9.17, 15) is 18.0 Å². The van der Waals surface area contributed by atoms with E-state index >= 15 is 0 Å². The second-order valence-corrected chi connectivity index (χ2v) is 8.66. The van der Waals surface area contributed by atoms with Gasteiger partial charge >= 0.3 is 12.1 Å². The molecule has 0 atom stereocenters. The number of hydrogen-bond donors (Lipinski definition) is 1. The quantitative estimate of drug-likeness (QED) is 0.458. The van der Waals surface area contributed by atoms with E-state index in [1.807, 2.05) is 50.3 Å². The van der Waals surface area contributed by atoms with Crippen molar-refractivity contribution in [3.05, 3.63) is 60.6 Å². The highest BCUT2D eigenvalue weighted by Crippen LogP contribution is 2.31. The maximum absolute atomic E-state index is 12.8. The number of carbonyl (C=O) groups excluding carboxylic acids is 1. The summed E-state index contributed by atoms with van der Waals surface area (Å²) in [5, 5.41) is 4.41. The molecule has 1 fully saturated rings. The van der Waals surface area contributed by atoms with Crippen molar-refractivity contribution in [2.75, 3.05) is 18.8 Å². The number of anilines is 1. The van der Waals surface area contributed by atoms with Crippen molar-refractivity contribution < 1.29 is 18.0 Å². The summed E-state index contributed by atoms with van der Waals surface area (Å²) in [7, 11) is 1.84. The molecule has 0 bridgehead atoms. The fourth-order valence-electron chi connectivity index (χ4n) is 4.58. The first-order valence-corrected chi connectivity index (χ1v) is 11.3. The highest BCUT2D eigenvalue weighted by molar-refractivity contribution is 6.36. The summed E-state index contributed by atoms with van der Waals surface area (Å²) in [6.07, 6.45) is -0.658. The molecule has 4 heterocycles. The molecule has 4 aromatic rings. The average Bonchev–Trinajstić information content (AvgIpc) is 3.30. The van der Waals surface area contributed by atoms with Crippen molar-refractivity contribution in [3.63, 3.8) is 0 Å². The maximum Gasteiger partial charge on any atom is 0.471 e. The van der Waals surface area contributed by atoms with Gasteiger partial charge in [-0.2, -0.15) is 22.8 Å². The molecule has 1 saturated heterocycles. The van der Waals surface area contributed by atoms with E-state index in [1.165, 1.54) is 0 Å². The molecule has 1 aliphatic heterocycles. The molecule has 178 valence electrons. The van der Waals surface area contributed by atoms with Crippen molar-refractivity contribution in [2.45, 2.75) is 24.9 Å². The molecule has 11 heteroatoms. The largest absolute Gasteiger partial charge is 0.471 e. The zero-order chi connectivity index (χ0) is 24.7. The summed E-state index contributed by atoms with van der Waals surface area (Å²) in [5.74, 6) is -1.47. The molecule has 5 rings (SSSR count). The van der Waals surface area contributed by atoms with Gasteiger partial charge in [-0.25, -0.2) is 4.98 Å². The molecule has 1 amide bonds. The second-order valence-electron chi connectivity index (χ2n) is 8.66. The van der Waals surface area contributed by atoms with Crippen molar-refractivity contribution in [3.8, 4) is 22.4 Å². The Hall–Kier alpha value is -3.89. The Morgan fingerprint density at radius 1 is 1.03 bits per heavy atom. The predicted molar refractivity (Wildman–Crippen MR) is 129 cm³/mol. The number of nitrogens with two attached hydrogens (primary N) is 1. The minimum absolute atomic E-state index is 0.0200. The number of alkyl halides is 3. The minimum Gasteiger partial charge on any atom is -0.384 e. The zero-order valence-corrected chi connectivity index (χ0v) is 19.0. The monoisotopic (exact) mass is 478 g/mol. The van der Waals surface area contributed by atoms with Crippen molar-refractivity contribution in [2.24, 2.45) is 0 Å². The van der Waals surface area contributed by atoms with Crippen LogP contribution in [0, 0.1) is 0 Å². The molecular weight excluding hydrogens is 456 g/mol. The van der Waals surface area contributed by atoms with E-state index in [-0.39, 0.29) is 19.0 Å². The predicted octanol–water partition coefficient (Wildman–Crippen LogP) is 2.57. The molecule has 1 aliphatic rings. The van der Waals surface area contributed by atoms with E-state index in [4.69, 9.17) is 10.7 Å². The SMILES string of the molecule is Bc1c(C2CCN(C(=O)C(F)(F)F)CC2)nc2c(-c3ccc(-c4ccccc4)nc3)cnn2c1N. The van der Waals surface area contributed by atoms with Crippen molar-refractivity contribution in [1.82, 2.24) is 24.5 Å². The fourth-order valence-corrected chi connectivity index (χ4v) is 4.58. The Kier molecular flexibility index (Phi) is 5.70. The molecular formula is C24H22BF3N6O. The number of piperidine rings is 1. The third kappa shape index (κ3) is 4.22. The molecule has 7 nitrogen and oxygen atoms in total. The molecule has 3 aromatic heterocycles. The number of amides is 1. The van der Waals surface area contributed by atoms with Crippen LogP contribution < -0.4 is 11.2 Å². The van der Waals surface area contributed by atoms with Crippen LogP contribution in [0.2, 0.25) is 0 Å². The van der Waals surface area contributed by atoms with Gasteiger partial charge < -0.3 is 10.6 Å². The summed E-state index contributed by atoms with van der Waals surface area (Å²) < 4.78 is 40.0. The Morgan fingerprint density at radius 3 is 2.37 bits per heavy atom. The van der Waals surface area contributed by atoms with Gasteiger partial charge in [-0.3, -0.25) is 9.78 Å². The zero-order valence-electron chi connectivity index (χ0n) is 19.0. The van der Waals surface area contributed by atoms with Crippen LogP contribution in [-0.4, -0.2) is 57.5 Å². The Morgan fingerprint density at radius 2 is 1.74 bits per heavy atom. The molecule has 35 heavy (non-hydrogen) atoms. The summed E-state index contributed by atoms with van der Waals surface area (Å²) in [5.41, 5.74) is 11.8. The van der Waals surface area contributed by atoms with Gasteiger partial charge in [0.25, 0.3) is 0 Å². The fraction of sp³-hybridized carbons (Fsp3) is 0.250. The number of halogens is 3. The number of hydrogen-bond acceptors (Lipinski definition) is 5. The lowest BCUT2D eigenvalue weighted by Gasteiger charge is -2.32. The molecule has 0 spiro atoms. The lowest BCUT2D eigenvalue weighted by Crippen LogP contribution is -2.45. The normalized spacial score (nSPS) is 15.0. The van der Waals surface area contributed by atoms with Crippen molar-refractivity contribution >= 4 is 30.7 Å². The summed E-state index contributed by atoms with van der Waals surface area (Å²) in [4.78, 5) is 21.9. The van der Waals surface area contributed by atoms with Crippen LogP contribution in [0.25, 0.3) is 28.0 Å². The summed E-state index contributed by atoms with van der Waals surface area (Å²) >= 11 is 0. The number of fused-ring (bicyclic) bond motifs is 1.